The summed E-state index contributed by atoms with van der Waals surface area (Å²) < 4.78 is 5.44. The first-order chi connectivity index (χ1) is 16.5. The molecule has 1 aromatic carbocycles. The summed E-state index contributed by atoms with van der Waals surface area (Å²) in [4.78, 5) is 48.7. The summed E-state index contributed by atoms with van der Waals surface area (Å²) in [7, 11) is 0. The van der Waals surface area contributed by atoms with Crippen LogP contribution in [0.2, 0.25) is 5.02 Å². The van der Waals surface area contributed by atoms with Gasteiger partial charge in [-0.15, -0.1) is 0 Å². The molecule has 0 N–H and O–H groups in total. The molecule has 0 spiro atoms. The number of carbonyl (C=O) groups excluding carboxylic acids is 3. The van der Waals surface area contributed by atoms with Gasteiger partial charge in [0.15, 0.2) is 5.78 Å². The molecule has 0 atom stereocenters. The molecule has 0 aliphatic carbocycles. The molecule has 1 aromatic heterocycles. The van der Waals surface area contributed by atoms with Crippen LogP contribution in [0.1, 0.15) is 49.3 Å². The number of aromatic nitrogens is 1. The molecule has 2 aromatic rings. The van der Waals surface area contributed by atoms with Gasteiger partial charge >= 0.3 is 6.09 Å². The van der Waals surface area contributed by atoms with Crippen LogP contribution >= 0.6 is 11.6 Å². The molecule has 2 amide bonds. The third kappa shape index (κ3) is 7.02. The molecule has 0 radical (unpaired) electrons. The molecule has 1 fully saturated rings. The Labute approximate surface area is 211 Å². The maximum Gasteiger partial charge on any atom is 0.410 e. The van der Waals surface area contributed by atoms with Gasteiger partial charge in [0, 0.05) is 49.0 Å². The van der Waals surface area contributed by atoms with Gasteiger partial charge in [0.1, 0.15) is 11.4 Å². The first-order valence-electron chi connectivity index (χ1n) is 11.8. The minimum absolute atomic E-state index is 0.156. The van der Waals surface area contributed by atoms with Crippen LogP contribution in [0.3, 0.4) is 0 Å². The molecule has 1 aliphatic heterocycles. The number of piperazine rings is 1. The number of anilines is 1. The van der Waals surface area contributed by atoms with E-state index in [4.69, 9.17) is 16.3 Å². The van der Waals surface area contributed by atoms with E-state index in [1.165, 1.54) is 0 Å². The van der Waals surface area contributed by atoms with E-state index in [0.29, 0.717) is 60.4 Å². The molecule has 0 bridgehead atoms. The lowest BCUT2D eigenvalue weighted by atomic mass is 10.0. The van der Waals surface area contributed by atoms with Gasteiger partial charge in [0.05, 0.1) is 12.1 Å². The average Bonchev–Trinajstić information content (AvgIpc) is 2.78. The summed E-state index contributed by atoms with van der Waals surface area (Å²) >= 11 is 6.08. The highest BCUT2D eigenvalue weighted by Crippen LogP contribution is 2.24. The number of hydrogen-bond acceptors (Lipinski definition) is 6. The maximum absolute atomic E-state index is 13.3. The van der Waals surface area contributed by atoms with Gasteiger partial charge in [-0.25, -0.2) is 9.78 Å². The predicted octanol–water partition coefficient (Wildman–Crippen LogP) is 4.18. The lowest BCUT2D eigenvalue weighted by molar-refractivity contribution is -0.120. The van der Waals surface area contributed by atoms with Crippen molar-refractivity contribution < 1.29 is 19.1 Å². The molecule has 8 nitrogen and oxygen atoms in total. The van der Waals surface area contributed by atoms with Crippen molar-refractivity contribution >= 4 is 35.2 Å². The van der Waals surface area contributed by atoms with E-state index in [1.54, 1.807) is 46.2 Å². The molecule has 9 heteroatoms. The second-order valence-corrected chi connectivity index (χ2v) is 9.98. The number of amides is 2. The number of ketones is 1. The van der Waals surface area contributed by atoms with Crippen molar-refractivity contribution in [1.82, 2.24) is 14.8 Å². The quantitative estimate of drug-likeness (QED) is 0.553. The van der Waals surface area contributed by atoms with Crippen LogP contribution in [0, 0.1) is 6.92 Å². The van der Waals surface area contributed by atoms with Gasteiger partial charge in [-0.05, 0) is 58.9 Å². The van der Waals surface area contributed by atoms with Crippen LogP contribution in [0.25, 0.3) is 0 Å². The van der Waals surface area contributed by atoms with E-state index in [2.05, 4.69) is 4.98 Å². The van der Waals surface area contributed by atoms with E-state index < -0.39 is 5.60 Å². The van der Waals surface area contributed by atoms with E-state index in [9.17, 15) is 14.4 Å². The number of carbonyl (C=O) groups is 3. The van der Waals surface area contributed by atoms with Gasteiger partial charge in [0.25, 0.3) is 0 Å². The zero-order valence-electron chi connectivity index (χ0n) is 21.0. The molecule has 1 aliphatic rings. The maximum atomic E-state index is 13.3. The van der Waals surface area contributed by atoms with Gasteiger partial charge in [0.2, 0.25) is 5.91 Å². The van der Waals surface area contributed by atoms with Gasteiger partial charge in [-0.3, -0.25) is 19.4 Å². The molecule has 2 heterocycles. The molecule has 188 valence electrons. The number of ether oxygens (including phenoxy) is 1. The molecule has 3 rings (SSSR count). The highest BCUT2D eigenvalue weighted by molar-refractivity contribution is 6.31. The minimum Gasteiger partial charge on any atom is -0.444 e. The smallest absolute Gasteiger partial charge is 0.410 e. The monoisotopic (exact) mass is 500 g/mol. The van der Waals surface area contributed by atoms with E-state index in [0.717, 1.165) is 0 Å². The van der Waals surface area contributed by atoms with Gasteiger partial charge in [-0.2, -0.15) is 0 Å². The Hall–Kier alpha value is -2.97. The van der Waals surface area contributed by atoms with Crippen molar-refractivity contribution in [2.24, 2.45) is 0 Å². The predicted molar refractivity (Wildman–Crippen MR) is 136 cm³/mol. The van der Waals surface area contributed by atoms with Crippen molar-refractivity contribution in [2.75, 3.05) is 44.2 Å². The third-order valence-corrected chi connectivity index (χ3v) is 5.84. The van der Waals surface area contributed by atoms with Crippen LogP contribution in [0.4, 0.5) is 10.6 Å². The number of halogens is 1. The number of hydrogen-bond donors (Lipinski definition) is 0. The lowest BCUT2D eigenvalue weighted by Crippen LogP contribution is -2.52. The summed E-state index contributed by atoms with van der Waals surface area (Å²) in [6.07, 6.45) is -0.341. The third-order valence-electron chi connectivity index (χ3n) is 5.60. The Morgan fingerprint density at radius 2 is 1.77 bits per heavy atom. The van der Waals surface area contributed by atoms with Crippen LogP contribution in [0.5, 0.6) is 0 Å². The molecule has 1 saturated heterocycles. The highest BCUT2D eigenvalue weighted by Gasteiger charge is 2.29. The minimum atomic E-state index is -0.549. The number of pyridine rings is 1. The molecular weight excluding hydrogens is 468 g/mol. The topological polar surface area (TPSA) is 83.1 Å². The fourth-order valence-electron chi connectivity index (χ4n) is 3.85. The van der Waals surface area contributed by atoms with Gasteiger partial charge in [-0.1, -0.05) is 23.7 Å². The Morgan fingerprint density at radius 1 is 1.09 bits per heavy atom. The fraction of sp³-hybridized carbons (Fsp3) is 0.462. The van der Waals surface area contributed by atoms with Crippen molar-refractivity contribution in [3.05, 3.63) is 58.2 Å². The largest absolute Gasteiger partial charge is 0.444 e. The first-order valence-corrected chi connectivity index (χ1v) is 12.1. The van der Waals surface area contributed by atoms with Crippen molar-refractivity contribution in [3.63, 3.8) is 0 Å². The molecule has 0 saturated carbocycles. The lowest BCUT2D eigenvalue weighted by Gasteiger charge is -2.36. The van der Waals surface area contributed by atoms with Crippen LogP contribution in [-0.2, 0) is 9.53 Å². The Kier molecular flexibility index (Phi) is 8.51. The fourth-order valence-corrected chi connectivity index (χ4v) is 4.04. The van der Waals surface area contributed by atoms with E-state index in [1.807, 2.05) is 39.5 Å². The first kappa shape index (κ1) is 26.6. The highest BCUT2D eigenvalue weighted by atomic mass is 35.5. The Bertz CT molecular complexity index is 1090. The number of nitrogens with zero attached hydrogens (tertiary/aromatic N) is 4. The molecule has 0 unspecified atom stereocenters. The van der Waals surface area contributed by atoms with E-state index in [-0.39, 0.29) is 24.3 Å². The number of benzene rings is 1. The average molecular weight is 501 g/mol. The van der Waals surface area contributed by atoms with Crippen LogP contribution < -0.4 is 4.90 Å². The molecule has 35 heavy (non-hydrogen) atoms. The SMILES string of the molecule is CCN(C(=O)CN1CCN(C(=O)OC(C)(C)C)CC1)c1nc(C)ccc1C(=O)c1cccc(Cl)c1. The summed E-state index contributed by atoms with van der Waals surface area (Å²) in [5.41, 5.74) is 0.946. The van der Waals surface area contributed by atoms with Crippen LogP contribution in [-0.4, -0.2) is 77.4 Å². The Morgan fingerprint density at radius 3 is 2.37 bits per heavy atom. The van der Waals surface area contributed by atoms with Crippen molar-refractivity contribution in [1.29, 1.82) is 0 Å². The normalized spacial score (nSPS) is 14.5. The molecular formula is C26H33ClN4O4. The summed E-state index contributed by atoms with van der Waals surface area (Å²) in [6.45, 7) is 11.8. The van der Waals surface area contributed by atoms with E-state index >= 15 is 0 Å². The zero-order chi connectivity index (χ0) is 25.8. The number of aryl methyl sites for hydroxylation is 1. The van der Waals surface area contributed by atoms with Crippen molar-refractivity contribution in [3.8, 4) is 0 Å². The summed E-state index contributed by atoms with van der Waals surface area (Å²) in [5, 5.41) is 0.464. The summed E-state index contributed by atoms with van der Waals surface area (Å²) in [6, 6.07) is 10.2. The Balaban J connectivity index is 1.72. The van der Waals surface area contributed by atoms with Crippen LogP contribution in [0.15, 0.2) is 36.4 Å². The number of likely N-dealkylation sites (N-methyl/N-ethyl adjacent to an activating group) is 1. The van der Waals surface area contributed by atoms with Gasteiger partial charge < -0.3 is 9.64 Å². The van der Waals surface area contributed by atoms with Crippen molar-refractivity contribution in [2.45, 2.75) is 40.2 Å². The second-order valence-electron chi connectivity index (χ2n) is 9.54. The second kappa shape index (κ2) is 11.2. The number of rotatable bonds is 6. The summed E-state index contributed by atoms with van der Waals surface area (Å²) in [5.74, 6) is -0.0569. The standard InChI is InChI=1S/C26H33ClN4O4/c1-6-31(22(32)17-29-12-14-30(15-13-29)25(34)35-26(3,4)5)24-21(11-10-18(2)28-24)23(33)19-8-7-9-20(27)16-19/h7-11,16H,6,12-15,17H2,1-5H3. The zero-order valence-corrected chi connectivity index (χ0v) is 21.8.